The normalized spacial score (nSPS) is 27.3. The number of allylic oxidation sites excluding steroid dienone is 5. The summed E-state index contributed by atoms with van der Waals surface area (Å²) in [6.07, 6.45) is 10.1. The van der Waals surface area contributed by atoms with Crippen LogP contribution in [0.4, 0.5) is 0 Å². The second-order valence-electron chi connectivity index (χ2n) is 6.89. The maximum atomic E-state index is 11.9. The zero-order chi connectivity index (χ0) is 18.3. The van der Waals surface area contributed by atoms with Gasteiger partial charge >= 0.3 is 0 Å². The van der Waals surface area contributed by atoms with Crippen molar-refractivity contribution in [3.63, 3.8) is 0 Å². The predicted octanol–water partition coefficient (Wildman–Crippen LogP) is 2.57. The van der Waals surface area contributed by atoms with E-state index in [-0.39, 0.29) is 11.5 Å². The van der Waals surface area contributed by atoms with Crippen molar-refractivity contribution in [1.82, 2.24) is 0 Å². The molecule has 0 saturated carbocycles. The second-order valence-corrected chi connectivity index (χ2v) is 6.89. The van der Waals surface area contributed by atoms with Crippen molar-refractivity contribution in [2.24, 2.45) is 17.8 Å². The third-order valence-electron chi connectivity index (χ3n) is 4.18. The first-order valence-electron chi connectivity index (χ1n) is 8.51. The summed E-state index contributed by atoms with van der Waals surface area (Å²) >= 11 is 0. The van der Waals surface area contributed by atoms with E-state index in [1.165, 1.54) is 6.08 Å². The van der Waals surface area contributed by atoms with Crippen molar-refractivity contribution in [3.05, 3.63) is 47.6 Å². The summed E-state index contributed by atoms with van der Waals surface area (Å²) in [6.45, 7) is 7.75. The molecule has 0 heterocycles. The SMILES string of the molecule is CC(=CC=C[C@H](C)C=CCC(C)C)[C@H]1[C@@H](O)C=C(CO)C(=O)[C@@H]1O. The number of ketones is 1. The molecule has 0 unspecified atom stereocenters. The highest BCUT2D eigenvalue weighted by atomic mass is 16.3. The second kappa shape index (κ2) is 9.72. The van der Waals surface area contributed by atoms with Crippen molar-refractivity contribution in [2.75, 3.05) is 6.61 Å². The van der Waals surface area contributed by atoms with Gasteiger partial charge in [-0.15, -0.1) is 0 Å². The minimum atomic E-state index is -1.32. The highest BCUT2D eigenvalue weighted by molar-refractivity contribution is 6.00. The molecule has 1 aliphatic carbocycles. The first kappa shape index (κ1) is 20.6. The van der Waals surface area contributed by atoms with Gasteiger partial charge in [0.05, 0.1) is 12.7 Å². The fraction of sp³-hybridized carbons (Fsp3) is 0.550. The van der Waals surface area contributed by atoms with Gasteiger partial charge in [0.15, 0.2) is 5.78 Å². The smallest absolute Gasteiger partial charge is 0.190 e. The zero-order valence-electron chi connectivity index (χ0n) is 15.0. The number of aliphatic hydroxyl groups is 3. The molecule has 1 aliphatic rings. The molecule has 0 saturated heterocycles. The van der Waals surface area contributed by atoms with Crippen molar-refractivity contribution in [3.8, 4) is 0 Å². The van der Waals surface area contributed by atoms with Crippen LogP contribution in [-0.4, -0.2) is 39.9 Å². The fourth-order valence-electron chi connectivity index (χ4n) is 2.70. The van der Waals surface area contributed by atoms with Gasteiger partial charge < -0.3 is 15.3 Å². The molecule has 4 atom stereocenters. The molecule has 0 aromatic rings. The average molecular weight is 334 g/mol. The van der Waals surface area contributed by atoms with Gasteiger partial charge in [0, 0.05) is 11.5 Å². The van der Waals surface area contributed by atoms with Crippen LogP contribution < -0.4 is 0 Å². The Bertz CT molecular complexity index is 540. The number of aliphatic hydroxyl groups excluding tert-OH is 3. The van der Waals surface area contributed by atoms with E-state index in [0.29, 0.717) is 5.92 Å². The van der Waals surface area contributed by atoms with Crippen LogP contribution in [0, 0.1) is 17.8 Å². The Balaban J connectivity index is 2.75. The number of rotatable bonds is 7. The lowest BCUT2D eigenvalue weighted by Gasteiger charge is -2.30. The van der Waals surface area contributed by atoms with Crippen molar-refractivity contribution < 1.29 is 20.1 Å². The molecule has 24 heavy (non-hydrogen) atoms. The molecule has 0 fully saturated rings. The predicted molar refractivity (Wildman–Crippen MR) is 96.3 cm³/mol. The molecule has 3 N–H and O–H groups in total. The van der Waals surface area contributed by atoms with Crippen LogP contribution in [0.3, 0.4) is 0 Å². The maximum absolute atomic E-state index is 11.9. The Labute approximate surface area is 144 Å². The zero-order valence-corrected chi connectivity index (χ0v) is 15.0. The third-order valence-corrected chi connectivity index (χ3v) is 4.18. The van der Waals surface area contributed by atoms with Crippen LogP contribution in [0.2, 0.25) is 0 Å². The summed E-state index contributed by atoms with van der Waals surface area (Å²) in [5.74, 6) is -0.265. The summed E-state index contributed by atoms with van der Waals surface area (Å²) in [5, 5.41) is 29.3. The van der Waals surface area contributed by atoms with E-state index in [4.69, 9.17) is 5.11 Å². The van der Waals surface area contributed by atoms with Gasteiger partial charge in [-0.3, -0.25) is 4.79 Å². The highest BCUT2D eigenvalue weighted by Gasteiger charge is 2.37. The Morgan fingerprint density at radius 2 is 1.92 bits per heavy atom. The Morgan fingerprint density at radius 3 is 2.50 bits per heavy atom. The largest absolute Gasteiger partial charge is 0.392 e. The molecule has 4 nitrogen and oxygen atoms in total. The summed E-state index contributed by atoms with van der Waals surface area (Å²) in [6, 6.07) is 0. The monoisotopic (exact) mass is 334 g/mol. The van der Waals surface area contributed by atoms with E-state index in [2.05, 4.69) is 32.9 Å². The molecule has 0 aromatic heterocycles. The number of hydrogen-bond donors (Lipinski definition) is 3. The topological polar surface area (TPSA) is 77.8 Å². The van der Waals surface area contributed by atoms with Gasteiger partial charge in [0.2, 0.25) is 0 Å². The van der Waals surface area contributed by atoms with E-state index >= 15 is 0 Å². The molecule has 0 radical (unpaired) electrons. The number of carbonyl (C=O) groups is 1. The molecule has 0 spiro atoms. The van der Waals surface area contributed by atoms with Crippen LogP contribution in [0.25, 0.3) is 0 Å². The van der Waals surface area contributed by atoms with Gasteiger partial charge in [-0.05, 0) is 31.3 Å². The Kier molecular flexibility index (Phi) is 8.32. The van der Waals surface area contributed by atoms with E-state index in [0.717, 1.165) is 12.0 Å². The average Bonchev–Trinajstić information content (AvgIpc) is 2.50. The summed E-state index contributed by atoms with van der Waals surface area (Å²) in [4.78, 5) is 11.9. The molecular weight excluding hydrogens is 304 g/mol. The Morgan fingerprint density at radius 1 is 1.25 bits per heavy atom. The van der Waals surface area contributed by atoms with E-state index in [1.54, 1.807) is 6.92 Å². The van der Waals surface area contributed by atoms with Gasteiger partial charge in [0.25, 0.3) is 0 Å². The van der Waals surface area contributed by atoms with Crippen LogP contribution in [0.5, 0.6) is 0 Å². The van der Waals surface area contributed by atoms with Crippen molar-refractivity contribution in [1.29, 1.82) is 0 Å². The standard InChI is InChI=1S/C20H30O4/c1-13(2)7-5-8-14(3)9-6-10-15(4)18-17(22)11-16(12-21)19(23)20(18)24/h5-6,8-11,13-14,17-18,20-22,24H,7,12H2,1-4H3/t14-,17+,18+,20-/m1/s1. The lowest BCUT2D eigenvalue weighted by Crippen LogP contribution is -2.43. The first-order valence-corrected chi connectivity index (χ1v) is 8.51. The first-order chi connectivity index (χ1) is 11.3. The summed E-state index contributed by atoms with van der Waals surface area (Å²) in [5.41, 5.74) is 0.796. The quantitative estimate of drug-likeness (QED) is 0.494. The van der Waals surface area contributed by atoms with Crippen molar-refractivity contribution >= 4 is 5.78 Å². The van der Waals surface area contributed by atoms with E-state index in [9.17, 15) is 15.0 Å². The molecule has 134 valence electrons. The summed E-state index contributed by atoms with van der Waals surface area (Å²) in [7, 11) is 0. The third kappa shape index (κ3) is 5.86. The van der Waals surface area contributed by atoms with Crippen LogP contribution in [-0.2, 0) is 4.79 Å². The van der Waals surface area contributed by atoms with Gasteiger partial charge in [-0.1, -0.05) is 56.7 Å². The lowest BCUT2D eigenvalue weighted by molar-refractivity contribution is -0.128. The molecular formula is C20H30O4. The molecule has 0 amide bonds. The van der Waals surface area contributed by atoms with Gasteiger partial charge in [-0.25, -0.2) is 0 Å². The van der Waals surface area contributed by atoms with Crippen LogP contribution in [0.15, 0.2) is 47.6 Å². The summed E-state index contributed by atoms with van der Waals surface area (Å²) < 4.78 is 0. The Hall–Kier alpha value is -1.49. The van der Waals surface area contributed by atoms with E-state index < -0.39 is 30.5 Å². The van der Waals surface area contributed by atoms with Crippen LogP contribution in [0.1, 0.15) is 34.1 Å². The van der Waals surface area contributed by atoms with E-state index in [1.807, 2.05) is 18.2 Å². The molecule has 0 aromatic carbocycles. The number of hydrogen-bond acceptors (Lipinski definition) is 4. The number of Topliss-reactive ketones (excluding diaryl/α,β-unsaturated/α-hetero) is 1. The minimum absolute atomic E-state index is 0.0681. The van der Waals surface area contributed by atoms with Crippen molar-refractivity contribution in [2.45, 2.75) is 46.3 Å². The van der Waals surface area contributed by atoms with Gasteiger partial charge in [-0.2, -0.15) is 0 Å². The van der Waals surface area contributed by atoms with Crippen LogP contribution >= 0.6 is 0 Å². The molecule has 0 bridgehead atoms. The number of carbonyl (C=O) groups excluding carboxylic acids is 1. The molecule has 4 heteroatoms. The molecule has 1 rings (SSSR count). The fourth-order valence-corrected chi connectivity index (χ4v) is 2.70. The maximum Gasteiger partial charge on any atom is 0.190 e. The molecule has 0 aliphatic heterocycles. The lowest BCUT2D eigenvalue weighted by atomic mass is 9.79. The minimum Gasteiger partial charge on any atom is -0.392 e. The highest BCUT2D eigenvalue weighted by Crippen LogP contribution is 2.28. The van der Waals surface area contributed by atoms with Gasteiger partial charge in [0.1, 0.15) is 6.10 Å².